The maximum Gasteiger partial charge on any atom is 0.0666 e. The van der Waals surface area contributed by atoms with Crippen LogP contribution in [0.3, 0.4) is 0 Å². The summed E-state index contributed by atoms with van der Waals surface area (Å²) < 4.78 is 0. The molecule has 0 saturated heterocycles. The van der Waals surface area contributed by atoms with Crippen LogP contribution in [0.5, 0.6) is 0 Å². The summed E-state index contributed by atoms with van der Waals surface area (Å²) in [4.78, 5) is 3.52. The van der Waals surface area contributed by atoms with E-state index >= 15 is 0 Å². The van der Waals surface area contributed by atoms with Gasteiger partial charge in [0, 0.05) is 11.1 Å². The maximum absolute atomic E-state index is 6.51. The maximum atomic E-state index is 6.51. The molecule has 0 amide bonds. The lowest BCUT2D eigenvalue weighted by Crippen LogP contribution is -1.99. The Hall–Kier alpha value is -1.48. The Kier molecular flexibility index (Phi) is 5.19. The Balaban J connectivity index is 2.23. The van der Waals surface area contributed by atoms with Gasteiger partial charge in [-0.25, -0.2) is 0 Å². The van der Waals surface area contributed by atoms with Crippen molar-refractivity contribution >= 4 is 34.1 Å². The van der Waals surface area contributed by atoms with Gasteiger partial charge in [0.25, 0.3) is 0 Å². The number of nitrogens with two attached hydrogens (primary N) is 1. The number of aromatic nitrogens is 1. The lowest BCUT2D eigenvalue weighted by molar-refractivity contribution is 0.748. The topological polar surface area (TPSA) is 41.8 Å². The van der Waals surface area contributed by atoms with Gasteiger partial charge in [0.1, 0.15) is 0 Å². The first-order chi connectivity index (χ1) is 11.5. The standard InChI is InChI=1S/C20H22Cl2N2/c1-12-9-13(2)11-14(10-12)19-15(5-3-4-8-23)18-16(21)6-7-17(22)20(18)24-19/h6-7,9-11,24H,3-5,8,23H2,1-2H3. The summed E-state index contributed by atoms with van der Waals surface area (Å²) in [6.45, 7) is 4.94. The highest BCUT2D eigenvalue weighted by atomic mass is 35.5. The molecule has 0 spiro atoms. The van der Waals surface area contributed by atoms with Gasteiger partial charge in [-0.05, 0) is 75.0 Å². The number of aromatic amines is 1. The number of halogens is 2. The van der Waals surface area contributed by atoms with E-state index in [0.717, 1.165) is 40.9 Å². The Morgan fingerprint density at radius 2 is 1.62 bits per heavy atom. The van der Waals surface area contributed by atoms with Crippen molar-refractivity contribution in [3.05, 3.63) is 57.1 Å². The second kappa shape index (κ2) is 7.18. The molecule has 126 valence electrons. The normalized spacial score (nSPS) is 11.4. The summed E-state index contributed by atoms with van der Waals surface area (Å²) >= 11 is 12.9. The van der Waals surface area contributed by atoms with Crippen LogP contribution in [0.2, 0.25) is 10.0 Å². The number of fused-ring (bicyclic) bond motifs is 1. The van der Waals surface area contributed by atoms with Crippen molar-refractivity contribution in [3.63, 3.8) is 0 Å². The highest BCUT2D eigenvalue weighted by molar-refractivity contribution is 6.40. The number of H-pyrrole nitrogens is 1. The van der Waals surface area contributed by atoms with Crippen molar-refractivity contribution in [2.75, 3.05) is 6.54 Å². The summed E-state index contributed by atoms with van der Waals surface area (Å²) in [6.07, 6.45) is 2.96. The average Bonchev–Trinajstić information content (AvgIpc) is 2.91. The molecule has 0 aliphatic rings. The van der Waals surface area contributed by atoms with E-state index in [0.29, 0.717) is 11.6 Å². The third-order valence-corrected chi connectivity index (χ3v) is 4.98. The lowest BCUT2D eigenvalue weighted by Gasteiger charge is -2.08. The molecule has 2 nitrogen and oxygen atoms in total. The second-order valence-electron chi connectivity index (χ2n) is 6.38. The third kappa shape index (κ3) is 3.32. The van der Waals surface area contributed by atoms with Crippen LogP contribution in [0.15, 0.2) is 30.3 Å². The first kappa shape index (κ1) is 17.3. The summed E-state index contributed by atoms with van der Waals surface area (Å²) in [5, 5.41) is 2.48. The van der Waals surface area contributed by atoms with Crippen molar-refractivity contribution in [2.24, 2.45) is 5.73 Å². The molecule has 0 saturated carbocycles. The predicted molar refractivity (Wildman–Crippen MR) is 105 cm³/mol. The molecule has 0 unspecified atom stereocenters. The molecule has 0 aliphatic carbocycles. The number of aryl methyl sites for hydroxylation is 3. The average molecular weight is 361 g/mol. The number of hydrogen-bond donors (Lipinski definition) is 2. The first-order valence-corrected chi connectivity index (χ1v) is 9.04. The molecular weight excluding hydrogens is 339 g/mol. The lowest BCUT2D eigenvalue weighted by atomic mass is 9.98. The Labute approximate surface area is 153 Å². The zero-order chi connectivity index (χ0) is 17.3. The van der Waals surface area contributed by atoms with Crippen LogP contribution in [0.25, 0.3) is 22.2 Å². The van der Waals surface area contributed by atoms with E-state index in [1.807, 2.05) is 12.1 Å². The van der Waals surface area contributed by atoms with Gasteiger partial charge >= 0.3 is 0 Å². The van der Waals surface area contributed by atoms with Crippen LogP contribution < -0.4 is 5.73 Å². The molecule has 3 aromatic rings. The molecule has 24 heavy (non-hydrogen) atoms. The molecule has 1 aromatic heterocycles. The highest BCUT2D eigenvalue weighted by Gasteiger charge is 2.17. The summed E-state index contributed by atoms with van der Waals surface area (Å²) in [5.74, 6) is 0. The smallest absolute Gasteiger partial charge is 0.0666 e. The predicted octanol–water partition coefficient (Wildman–Crippen LogP) is 6.04. The molecule has 0 radical (unpaired) electrons. The molecule has 0 aliphatic heterocycles. The van der Waals surface area contributed by atoms with Gasteiger partial charge in [-0.3, -0.25) is 0 Å². The zero-order valence-electron chi connectivity index (χ0n) is 14.0. The number of benzene rings is 2. The fourth-order valence-corrected chi connectivity index (χ4v) is 3.83. The largest absolute Gasteiger partial charge is 0.353 e. The van der Waals surface area contributed by atoms with Crippen molar-refractivity contribution in [1.82, 2.24) is 4.98 Å². The zero-order valence-corrected chi connectivity index (χ0v) is 15.6. The number of hydrogen-bond acceptors (Lipinski definition) is 1. The molecule has 3 rings (SSSR count). The van der Waals surface area contributed by atoms with Gasteiger partial charge < -0.3 is 10.7 Å². The van der Waals surface area contributed by atoms with Crippen molar-refractivity contribution in [1.29, 1.82) is 0 Å². The minimum atomic E-state index is 0.699. The molecule has 3 N–H and O–H groups in total. The molecule has 0 bridgehead atoms. The fourth-order valence-electron chi connectivity index (χ4n) is 3.36. The molecule has 1 heterocycles. The van der Waals surface area contributed by atoms with E-state index in [9.17, 15) is 0 Å². The van der Waals surface area contributed by atoms with Crippen LogP contribution in [0, 0.1) is 13.8 Å². The van der Waals surface area contributed by atoms with E-state index in [1.54, 1.807) is 0 Å². The van der Waals surface area contributed by atoms with Gasteiger partial charge in [0.05, 0.1) is 15.6 Å². The molecule has 0 atom stereocenters. The summed E-state index contributed by atoms with van der Waals surface area (Å²) in [7, 11) is 0. The van der Waals surface area contributed by atoms with Crippen molar-refractivity contribution in [3.8, 4) is 11.3 Å². The van der Waals surface area contributed by atoms with Crippen molar-refractivity contribution < 1.29 is 0 Å². The second-order valence-corrected chi connectivity index (χ2v) is 7.19. The molecule has 2 aromatic carbocycles. The SMILES string of the molecule is Cc1cc(C)cc(-c2[nH]c3c(Cl)ccc(Cl)c3c2CCCCN)c1. The van der Waals surface area contributed by atoms with E-state index in [2.05, 4.69) is 37.0 Å². The van der Waals surface area contributed by atoms with Gasteiger partial charge in [0.15, 0.2) is 0 Å². The van der Waals surface area contributed by atoms with E-state index in [1.165, 1.54) is 22.3 Å². The monoisotopic (exact) mass is 360 g/mol. The summed E-state index contributed by atoms with van der Waals surface area (Å²) in [5.41, 5.74) is 12.6. The van der Waals surface area contributed by atoms with Crippen LogP contribution in [0.4, 0.5) is 0 Å². The molecule has 0 fully saturated rings. The van der Waals surface area contributed by atoms with Crippen molar-refractivity contribution in [2.45, 2.75) is 33.1 Å². The minimum Gasteiger partial charge on any atom is -0.353 e. The molecule has 4 heteroatoms. The Bertz CT molecular complexity index is 861. The van der Waals surface area contributed by atoms with E-state index in [-0.39, 0.29) is 0 Å². The number of unbranched alkanes of at least 4 members (excludes halogenated alkanes) is 1. The van der Waals surface area contributed by atoms with E-state index in [4.69, 9.17) is 28.9 Å². The van der Waals surface area contributed by atoms with Gasteiger partial charge in [-0.2, -0.15) is 0 Å². The van der Waals surface area contributed by atoms with Gasteiger partial charge in [0.2, 0.25) is 0 Å². The van der Waals surface area contributed by atoms with Gasteiger partial charge in [-0.15, -0.1) is 0 Å². The fraction of sp³-hybridized carbons (Fsp3) is 0.300. The Morgan fingerprint density at radius 1 is 0.958 bits per heavy atom. The minimum absolute atomic E-state index is 0.699. The number of rotatable bonds is 5. The van der Waals surface area contributed by atoms with E-state index < -0.39 is 0 Å². The van der Waals surface area contributed by atoms with Crippen LogP contribution in [0.1, 0.15) is 29.5 Å². The van der Waals surface area contributed by atoms with Crippen LogP contribution >= 0.6 is 23.2 Å². The van der Waals surface area contributed by atoms with Gasteiger partial charge in [-0.1, -0.05) is 40.4 Å². The first-order valence-electron chi connectivity index (χ1n) is 8.28. The quantitative estimate of drug-likeness (QED) is 0.535. The van der Waals surface area contributed by atoms with Crippen LogP contribution in [-0.2, 0) is 6.42 Å². The highest BCUT2D eigenvalue weighted by Crippen LogP contribution is 2.39. The number of nitrogens with one attached hydrogen (secondary N) is 1. The molecular formula is C20H22Cl2N2. The van der Waals surface area contributed by atoms with Crippen LogP contribution in [-0.4, -0.2) is 11.5 Å². The Morgan fingerprint density at radius 3 is 2.29 bits per heavy atom. The summed E-state index contributed by atoms with van der Waals surface area (Å²) in [6, 6.07) is 10.3. The third-order valence-electron chi connectivity index (χ3n) is 4.35.